The van der Waals surface area contributed by atoms with Gasteiger partial charge in [0.1, 0.15) is 5.82 Å². The molecule has 6 heteroatoms. The van der Waals surface area contributed by atoms with Crippen molar-refractivity contribution in [1.82, 2.24) is 15.3 Å². The number of carbonyl (C=O) groups is 1. The summed E-state index contributed by atoms with van der Waals surface area (Å²) in [6.45, 7) is 1.85. The minimum atomic E-state index is 0.234. The van der Waals surface area contributed by atoms with Gasteiger partial charge >= 0.3 is 0 Å². The fraction of sp³-hybridized carbons (Fsp3) is 0.550. The Morgan fingerprint density at radius 1 is 1.15 bits per heavy atom. The van der Waals surface area contributed by atoms with Crippen molar-refractivity contribution in [3.63, 3.8) is 0 Å². The predicted molar refractivity (Wildman–Crippen MR) is 105 cm³/mol. The van der Waals surface area contributed by atoms with E-state index in [0.29, 0.717) is 23.4 Å². The van der Waals surface area contributed by atoms with Crippen molar-refractivity contribution in [2.45, 2.75) is 51.0 Å². The van der Waals surface area contributed by atoms with Gasteiger partial charge in [0.25, 0.3) is 0 Å². The Labute approximate surface area is 159 Å². The lowest BCUT2D eigenvalue weighted by Crippen LogP contribution is -2.38. The first-order valence-electron chi connectivity index (χ1n) is 9.64. The first kappa shape index (κ1) is 17.5. The van der Waals surface area contributed by atoms with Crippen LogP contribution in [0, 0.1) is 5.92 Å². The molecule has 0 radical (unpaired) electrons. The molecule has 2 heterocycles. The Balaban J connectivity index is 1.31. The monoisotopic (exact) mass is 372 g/mol. The molecule has 2 aliphatic rings. The van der Waals surface area contributed by atoms with E-state index in [1.165, 1.54) is 12.8 Å². The van der Waals surface area contributed by atoms with Crippen LogP contribution in [0.2, 0.25) is 5.02 Å². The molecule has 1 saturated carbocycles. The minimum Gasteiger partial charge on any atom is -0.355 e. The fourth-order valence-electron chi connectivity index (χ4n) is 4.11. The minimum absolute atomic E-state index is 0.234. The summed E-state index contributed by atoms with van der Waals surface area (Å²) in [4.78, 5) is 23.7. The SMILES string of the molecule is O=C(CC1CCN(c2cnc3cc(Cl)ccc3n2)CC1)NC1CCCC1. The molecule has 4 rings (SSSR count). The van der Waals surface area contributed by atoms with Gasteiger partial charge in [0.15, 0.2) is 0 Å². The Bertz CT molecular complexity index is 782. The highest BCUT2D eigenvalue weighted by Gasteiger charge is 2.24. The van der Waals surface area contributed by atoms with E-state index in [2.05, 4.69) is 15.2 Å². The molecule has 1 N–H and O–H groups in total. The second-order valence-electron chi connectivity index (χ2n) is 7.54. The maximum atomic E-state index is 12.2. The molecule has 138 valence electrons. The zero-order chi connectivity index (χ0) is 17.9. The maximum absolute atomic E-state index is 12.2. The zero-order valence-corrected chi connectivity index (χ0v) is 15.7. The van der Waals surface area contributed by atoms with Crippen molar-refractivity contribution in [3.8, 4) is 0 Å². The smallest absolute Gasteiger partial charge is 0.220 e. The predicted octanol–water partition coefficient (Wildman–Crippen LogP) is 3.95. The molecular weight excluding hydrogens is 348 g/mol. The van der Waals surface area contributed by atoms with Gasteiger partial charge in [0, 0.05) is 30.6 Å². The van der Waals surface area contributed by atoms with E-state index in [4.69, 9.17) is 16.6 Å². The van der Waals surface area contributed by atoms with Crippen molar-refractivity contribution in [1.29, 1.82) is 0 Å². The van der Waals surface area contributed by atoms with Crippen LogP contribution in [-0.4, -0.2) is 35.0 Å². The number of aromatic nitrogens is 2. The standard InChI is InChI=1S/C20H25ClN4O/c21-15-5-6-17-18(12-15)22-13-19(24-17)25-9-7-14(8-10-25)11-20(26)23-16-3-1-2-4-16/h5-6,12-14,16H,1-4,7-11H2,(H,23,26). The molecule has 0 bridgehead atoms. The second kappa shape index (κ2) is 7.78. The van der Waals surface area contributed by atoms with E-state index >= 15 is 0 Å². The van der Waals surface area contributed by atoms with Crippen LogP contribution in [-0.2, 0) is 4.79 Å². The first-order chi connectivity index (χ1) is 12.7. The highest BCUT2D eigenvalue weighted by atomic mass is 35.5. The van der Waals surface area contributed by atoms with E-state index in [-0.39, 0.29) is 5.91 Å². The van der Waals surface area contributed by atoms with Gasteiger partial charge in [-0.1, -0.05) is 24.4 Å². The van der Waals surface area contributed by atoms with Gasteiger partial charge < -0.3 is 10.2 Å². The number of fused-ring (bicyclic) bond motifs is 1. The highest BCUT2D eigenvalue weighted by Crippen LogP contribution is 2.26. The number of rotatable bonds is 4. The topological polar surface area (TPSA) is 58.1 Å². The van der Waals surface area contributed by atoms with Gasteiger partial charge in [-0.15, -0.1) is 0 Å². The number of nitrogens with zero attached hydrogens (tertiary/aromatic N) is 3. The summed E-state index contributed by atoms with van der Waals surface area (Å²) < 4.78 is 0. The van der Waals surface area contributed by atoms with E-state index in [1.807, 2.05) is 24.4 Å². The van der Waals surface area contributed by atoms with E-state index in [9.17, 15) is 4.79 Å². The maximum Gasteiger partial charge on any atom is 0.220 e. The van der Waals surface area contributed by atoms with Crippen molar-refractivity contribution < 1.29 is 4.79 Å². The molecule has 26 heavy (non-hydrogen) atoms. The molecule has 0 atom stereocenters. The quantitative estimate of drug-likeness (QED) is 0.882. The number of hydrogen-bond acceptors (Lipinski definition) is 4. The molecule has 1 aliphatic carbocycles. The number of halogens is 1. The summed E-state index contributed by atoms with van der Waals surface area (Å²) in [5.41, 5.74) is 1.68. The summed E-state index contributed by atoms with van der Waals surface area (Å²) >= 11 is 6.01. The summed E-state index contributed by atoms with van der Waals surface area (Å²) in [6, 6.07) is 6.01. The molecule has 1 amide bonds. The Hall–Kier alpha value is -1.88. The lowest BCUT2D eigenvalue weighted by atomic mass is 9.93. The van der Waals surface area contributed by atoms with E-state index in [0.717, 1.165) is 55.6 Å². The van der Waals surface area contributed by atoms with Crippen LogP contribution in [0.4, 0.5) is 5.82 Å². The van der Waals surface area contributed by atoms with Crippen LogP contribution in [0.5, 0.6) is 0 Å². The van der Waals surface area contributed by atoms with Crippen LogP contribution in [0.1, 0.15) is 44.9 Å². The van der Waals surface area contributed by atoms with E-state index < -0.39 is 0 Å². The molecule has 1 saturated heterocycles. The van der Waals surface area contributed by atoms with Gasteiger partial charge in [-0.2, -0.15) is 0 Å². The third kappa shape index (κ3) is 4.09. The van der Waals surface area contributed by atoms with Crippen molar-refractivity contribution in [2.75, 3.05) is 18.0 Å². The third-order valence-electron chi connectivity index (χ3n) is 5.62. The van der Waals surface area contributed by atoms with Gasteiger partial charge in [0.2, 0.25) is 5.91 Å². The molecule has 0 spiro atoms. The molecule has 1 aromatic carbocycles. The number of piperidine rings is 1. The van der Waals surface area contributed by atoms with Crippen LogP contribution < -0.4 is 10.2 Å². The lowest BCUT2D eigenvalue weighted by molar-refractivity contribution is -0.122. The van der Waals surface area contributed by atoms with E-state index in [1.54, 1.807) is 0 Å². The summed E-state index contributed by atoms with van der Waals surface area (Å²) in [7, 11) is 0. The summed E-state index contributed by atoms with van der Waals surface area (Å²) in [6.07, 6.45) is 9.34. The third-order valence-corrected chi connectivity index (χ3v) is 5.86. The average molecular weight is 373 g/mol. The normalized spacial score (nSPS) is 19.2. The lowest BCUT2D eigenvalue weighted by Gasteiger charge is -2.32. The van der Waals surface area contributed by atoms with Gasteiger partial charge in [-0.25, -0.2) is 4.98 Å². The van der Waals surface area contributed by atoms with Crippen molar-refractivity contribution in [2.24, 2.45) is 5.92 Å². The number of benzene rings is 1. The second-order valence-corrected chi connectivity index (χ2v) is 7.98. The molecule has 2 fully saturated rings. The number of nitrogens with one attached hydrogen (secondary N) is 1. The molecule has 1 aliphatic heterocycles. The summed E-state index contributed by atoms with van der Waals surface area (Å²) in [5.74, 6) is 1.62. The fourth-order valence-corrected chi connectivity index (χ4v) is 4.28. The zero-order valence-electron chi connectivity index (χ0n) is 15.0. The van der Waals surface area contributed by atoms with Crippen molar-refractivity contribution >= 4 is 34.4 Å². The highest BCUT2D eigenvalue weighted by molar-refractivity contribution is 6.31. The van der Waals surface area contributed by atoms with Crippen LogP contribution in [0.25, 0.3) is 11.0 Å². The van der Waals surface area contributed by atoms with Crippen molar-refractivity contribution in [3.05, 3.63) is 29.4 Å². The number of anilines is 1. The van der Waals surface area contributed by atoms with Gasteiger partial charge in [0.05, 0.1) is 17.2 Å². The Morgan fingerprint density at radius 2 is 1.92 bits per heavy atom. The van der Waals surface area contributed by atoms with Crippen LogP contribution in [0.3, 0.4) is 0 Å². The number of carbonyl (C=O) groups excluding carboxylic acids is 1. The number of amides is 1. The molecule has 1 aromatic heterocycles. The molecule has 0 unspecified atom stereocenters. The molecule has 5 nitrogen and oxygen atoms in total. The Morgan fingerprint density at radius 3 is 2.69 bits per heavy atom. The molecular formula is C20H25ClN4O. The van der Waals surface area contributed by atoms with Crippen LogP contribution in [0.15, 0.2) is 24.4 Å². The van der Waals surface area contributed by atoms with Gasteiger partial charge in [-0.05, 0) is 49.8 Å². The van der Waals surface area contributed by atoms with Gasteiger partial charge in [-0.3, -0.25) is 9.78 Å². The first-order valence-corrected chi connectivity index (χ1v) is 10.0. The summed E-state index contributed by atoms with van der Waals surface area (Å²) in [5, 5.41) is 3.89. The number of hydrogen-bond donors (Lipinski definition) is 1. The average Bonchev–Trinajstić information content (AvgIpc) is 3.15. The van der Waals surface area contributed by atoms with Crippen LogP contribution >= 0.6 is 11.6 Å². The largest absolute Gasteiger partial charge is 0.355 e. The molecule has 2 aromatic rings. The Kier molecular flexibility index (Phi) is 5.25.